The van der Waals surface area contributed by atoms with Gasteiger partial charge in [0.15, 0.2) is 5.82 Å². The normalized spacial score (nSPS) is 12.0. The van der Waals surface area contributed by atoms with Crippen molar-refractivity contribution in [3.63, 3.8) is 0 Å². The molecule has 0 unspecified atom stereocenters. The molecule has 4 rings (SSSR count). The molecule has 0 saturated carbocycles. The Bertz CT molecular complexity index is 1340. The SMILES string of the molecule is Cc1csc(-c2cc(F)cnnc([C@H](C)n3ccc4ncccc4c3=O)n(C)c2)c1. The summed E-state index contributed by atoms with van der Waals surface area (Å²) in [5.74, 6) is 0.0118. The van der Waals surface area contributed by atoms with Crippen molar-refractivity contribution in [2.75, 3.05) is 0 Å². The van der Waals surface area contributed by atoms with Gasteiger partial charge in [0.05, 0.1) is 23.1 Å². The lowest BCUT2D eigenvalue weighted by Gasteiger charge is -2.16. The molecule has 0 amide bonds. The Morgan fingerprint density at radius 2 is 2.07 bits per heavy atom. The van der Waals surface area contributed by atoms with E-state index in [1.165, 1.54) is 6.07 Å². The van der Waals surface area contributed by atoms with Gasteiger partial charge in [-0.15, -0.1) is 16.4 Å². The molecule has 0 saturated heterocycles. The summed E-state index contributed by atoms with van der Waals surface area (Å²) in [5, 5.41) is 10.7. The van der Waals surface area contributed by atoms with E-state index in [-0.39, 0.29) is 5.56 Å². The zero-order valence-electron chi connectivity index (χ0n) is 16.8. The lowest BCUT2D eigenvalue weighted by Crippen LogP contribution is -2.26. The van der Waals surface area contributed by atoms with Crippen LogP contribution in [0.3, 0.4) is 0 Å². The fourth-order valence-electron chi connectivity index (χ4n) is 3.33. The summed E-state index contributed by atoms with van der Waals surface area (Å²) in [4.78, 5) is 18.2. The summed E-state index contributed by atoms with van der Waals surface area (Å²) in [6.07, 6.45) is 6.23. The van der Waals surface area contributed by atoms with Gasteiger partial charge in [-0.05, 0) is 55.1 Å². The fourth-order valence-corrected chi connectivity index (χ4v) is 4.21. The number of fused-ring (bicyclic) bond motifs is 1. The maximum Gasteiger partial charge on any atom is 0.260 e. The second-order valence-corrected chi connectivity index (χ2v) is 7.97. The van der Waals surface area contributed by atoms with Gasteiger partial charge in [-0.2, -0.15) is 5.10 Å². The minimum absolute atomic E-state index is 0.171. The van der Waals surface area contributed by atoms with Gasteiger partial charge in [-0.3, -0.25) is 9.78 Å². The van der Waals surface area contributed by atoms with Crippen molar-refractivity contribution >= 4 is 22.2 Å². The first kappa shape index (κ1) is 19.9. The molecule has 0 radical (unpaired) electrons. The van der Waals surface area contributed by atoms with E-state index < -0.39 is 11.9 Å². The first-order valence-corrected chi connectivity index (χ1v) is 10.3. The Labute approximate surface area is 176 Å². The van der Waals surface area contributed by atoms with Gasteiger partial charge in [0.2, 0.25) is 0 Å². The minimum Gasteiger partial charge on any atom is -0.336 e. The zero-order valence-corrected chi connectivity index (χ0v) is 17.6. The Balaban J connectivity index is 1.90. The largest absolute Gasteiger partial charge is 0.336 e. The summed E-state index contributed by atoms with van der Waals surface area (Å²) < 4.78 is 17.7. The predicted octanol–water partition coefficient (Wildman–Crippen LogP) is 4.43. The molecular formula is C22H20FN5OS. The third-order valence-corrected chi connectivity index (χ3v) is 5.93. The second kappa shape index (κ2) is 8.16. The van der Waals surface area contributed by atoms with Crippen LogP contribution in [0.25, 0.3) is 21.3 Å². The number of aromatic nitrogens is 5. The molecular weight excluding hydrogens is 401 g/mol. The molecule has 0 fully saturated rings. The first-order valence-electron chi connectivity index (χ1n) is 9.38. The Kier molecular flexibility index (Phi) is 5.41. The molecule has 0 aliphatic carbocycles. The van der Waals surface area contributed by atoms with Gasteiger partial charge in [-0.25, -0.2) is 4.39 Å². The monoisotopic (exact) mass is 421 g/mol. The molecule has 0 aliphatic rings. The summed E-state index contributed by atoms with van der Waals surface area (Å²) in [6, 6.07) is 8.28. The van der Waals surface area contributed by atoms with Crippen LogP contribution in [-0.4, -0.2) is 24.3 Å². The van der Waals surface area contributed by atoms with Crippen LogP contribution in [0.5, 0.6) is 0 Å². The number of rotatable bonds is 3. The summed E-state index contributed by atoms with van der Waals surface area (Å²) in [7, 11) is 1.82. The van der Waals surface area contributed by atoms with Crippen LogP contribution in [0.15, 0.2) is 65.3 Å². The molecule has 1 atom stereocenters. The van der Waals surface area contributed by atoms with Gasteiger partial charge >= 0.3 is 0 Å². The molecule has 30 heavy (non-hydrogen) atoms. The van der Waals surface area contributed by atoms with E-state index >= 15 is 0 Å². The molecule has 0 spiro atoms. The lowest BCUT2D eigenvalue weighted by atomic mass is 10.2. The summed E-state index contributed by atoms with van der Waals surface area (Å²) >= 11 is 1.54. The second-order valence-electron chi connectivity index (χ2n) is 7.06. The van der Waals surface area contributed by atoms with Gasteiger partial charge in [0.25, 0.3) is 5.56 Å². The Hall–Kier alpha value is -3.39. The Morgan fingerprint density at radius 1 is 1.23 bits per heavy atom. The van der Waals surface area contributed by atoms with Crippen molar-refractivity contribution in [3.8, 4) is 10.4 Å². The van der Waals surface area contributed by atoms with Crippen molar-refractivity contribution in [1.82, 2.24) is 24.3 Å². The molecule has 8 heteroatoms. The fraction of sp³-hybridized carbons (Fsp3) is 0.182. The maximum atomic E-state index is 14.3. The molecule has 4 aromatic heterocycles. The van der Waals surface area contributed by atoms with Crippen molar-refractivity contribution in [2.24, 2.45) is 7.05 Å². The van der Waals surface area contributed by atoms with E-state index in [1.54, 1.807) is 51.1 Å². The van der Waals surface area contributed by atoms with E-state index in [4.69, 9.17) is 0 Å². The topological polar surface area (TPSA) is 65.6 Å². The third kappa shape index (κ3) is 3.86. The molecule has 0 bridgehead atoms. The van der Waals surface area contributed by atoms with Crippen LogP contribution < -0.4 is 5.56 Å². The van der Waals surface area contributed by atoms with E-state index in [0.29, 0.717) is 22.3 Å². The van der Waals surface area contributed by atoms with Crippen LogP contribution in [0.4, 0.5) is 4.39 Å². The number of aryl methyl sites for hydroxylation is 2. The number of nitrogens with zero attached hydrogens (tertiary/aromatic N) is 5. The molecule has 0 aliphatic heterocycles. The maximum absolute atomic E-state index is 14.3. The highest BCUT2D eigenvalue weighted by Crippen LogP contribution is 2.26. The standard InChI is InChI=1S/C22H20FN5OS/c1-14-9-20(30-13-14)16-10-17(23)11-25-26-21(27(3)12-16)15(2)28-8-6-19-18(22(28)29)5-4-7-24-19/h4-13,15H,1-3H3/t15-/m0/s1. The van der Waals surface area contributed by atoms with Gasteiger partial charge < -0.3 is 9.13 Å². The van der Waals surface area contributed by atoms with Crippen LogP contribution in [0.1, 0.15) is 24.4 Å². The molecule has 4 aromatic rings. The number of thiophene rings is 1. The van der Waals surface area contributed by atoms with Crippen molar-refractivity contribution < 1.29 is 4.39 Å². The molecule has 4 heterocycles. The molecule has 0 N–H and O–H groups in total. The Morgan fingerprint density at radius 3 is 2.83 bits per heavy atom. The van der Waals surface area contributed by atoms with Crippen molar-refractivity contribution in [2.45, 2.75) is 19.9 Å². The predicted molar refractivity (Wildman–Crippen MR) is 116 cm³/mol. The van der Waals surface area contributed by atoms with Crippen LogP contribution in [-0.2, 0) is 7.05 Å². The summed E-state index contributed by atoms with van der Waals surface area (Å²) in [5.41, 5.74) is 2.28. The smallest absolute Gasteiger partial charge is 0.260 e. The van der Waals surface area contributed by atoms with Gasteiger partial charge in [-0.1, -0.05) is 0 Å². The molecule has 6 nitrogen and oxygen atoms in total. The van der Waals surface area contributed by atoms with Crippen LogP contribution >= 0.6 is 11.3 Å². The zero-order chi connectivity index (χ0) is 21.3. The van der Waals surface area contributed by atoms with E-state index in [2.05, 4.69) is 15.2 Å². The van der Waals surface area contributed by atoms with Crippen molar-refractivity contribution in [3.05, 3.63) is 88.1 Å². The number of halogens is 1. The van der Waals surface area contributed by atoms with Crippen LogP contribution in [0, 0.1) is 12.7 Å². The highest BCUT2D eigenvalue weighted by atomic mass is 32.1. The summed E-state index contributed by atoms with van der Waals surface area (Å²) in [6.45, 7) is 3.86. The quantitative estimate of drug-likeness (QED) is 0.491. The average Bonchev–Trinajstić information content (AvgIpc) is 3.18. The third-order valence-electron chi connectivity index (χ3n) is 4.83. The molecule has 0 aromatic carbocycles. The minimum atomic E-state index is -0.493. The van der Waals surface area contributed by atoms with Crippen molar-refractivity contribution in [1.29, 1.82) is 0 Å². The van der Waals surface area contributed by atoms with E-state index in [1.807, 2.05) is 38.5 Å². The number of hydrogen-bond donors (Lipinski definition) is 0. The highest BCUT2D eigenvalue weighted by molar-refractivity contribution is 7.13. The van der Waals surface area contributed by atoms with E-state index in [0.717, 1.165) is 16.6 Å². The molecule has 152 valence electrons. The van der Waals surface area contributed by atoms with Crippen LogP contribution in [0.2, 0.25) is 0 Å². The lowest BCUT2D eigenvalue weighted by molar-refractivity contribution is 0.543. The number of hydrogen-bond acceptors (Lipinski definition) is 5. The van der Waals surface area contributed by atoms with Gasteiger partial charge in [0.1, 0.15) is 5.82 Å². The van der Waals surface area contributed by atoms with Gasteiger partial charge in [0, 0.05) is 36.1 Å². The number of pyridine rings is 2. The first-order chi connectivity index (χ1) is 14.4. The van der Waals surface area contributed by atoms with E-state index in [9.17, 15) is 9.18 Å². The average molecular weight is 422 g/mol. The highest BCUT2D eigenvalue weighted by Gasteiger charge is 2.15.